The van der Waals surface area contributed by atoms with E-state index < -0.39 is 15.8 Å². The number of rotatable bonds is 5. The number of nitrogens with one attached hydrogen (secondary N) is 1. The molecule has 1 fully saturated rings. The zero-order chi connectivity index (χ0) is 21.5. The lowest BCUT2D eigenvalue weighted by molar-refractivity contribution is 0.0754. The number of halogens is 2. The van der Waals surface area contributed by atoms with Crippen LogP contribution in [0.1, 0.15) is 28.4 Å². The second kappa shape index (κ2) is 7.97. The number of hydrogen-bond donors (Lipinski definition) is 1. The molecule has 3 heterocycles. The molecule has 12 heteroatoms. The molecule has 0 radical (unpaired) electrons. The predicted molar refractivity (Wildman–Crippen MR) is 110 cm³/mol. The van der Waals surface area contributed by atoms with Gasteiger partial charge in [0.15, 0.2) is 0 Å². The number of sulfonamides is 1. The van der Waals surface area contributed by atoms with Gasteiger partial charge in [0.1, 0.15) is 10.7 Å². The van der Waals surface area contributed by atoms with Crippen molar-refractivity contribution in [3.05, 3.63) is 45.9 Å². The maximum atomic E-state index is 13.3. The standard InChI is InChI=1S/C18H16ClFN4O4S2/c1-10-15(30(26,27)23-11-4-5-13(20)12(19)8-11)9-14(29-10)16-21-22-17(28-16)18(25)24-6-2-3-7-24/h4-5,8-9,23H,2-3,6-7H2,1H3. The molecule has 1 aromatic carbocycles. The van der Waals surface area contributed by atoms with Gasteiger partial charge in [-0.05, 0) is 44.0 Å². The van der Waals surface area contributed by atoms with Crippen molar-refractivity contribution < 1.29 is 22.0 Å². The molecule has 0 spiro atoms. The number of amides is 1. The molecule has 0 saturated carbocycles. The monoisotopic (exact) mass is 470 g/mol. The molecule has 1 amide bonds. The van der Waals surface area contributed by atoms with Gasteiger partial charge in [-0.25, -0.2) is 12.8 Å². The maximum absolute atomic E-state index is 13.3. The van der Waals surface area contributed by atoms with Gasteiger partial charge in [0, 0.05) is 18.0 Å². The Morgan fingerprint density at radius 3 is 2.70 bits per heavy atom. The van der Waals surface area contributed by atoms with Crippen molar-refractivity contribution in [3.63, 3.8) is 0 Å². The molecular formula is C18H16ClFN4O4S2. The van der Waals surface area contributed by atoms with E-state index >= 15 is 0 Å². The third-order valence-electron chi connectivity index (χ3n) is 4.55. The first-order chi connectivity index (χ1) is 14.2. The van der Waals surface area contributed by atoms with E-state index in [4.69, 9.17) is 16.0 Å². The highest BCUT2D eigenvalue weighted by Gasteiger charge is 2.27. The van der Waals surface area contributed by atoms with Crippen molar-refractivity contribution >= 4 is 44.6 Å². The van der Waals surface area contributed by atoms with E-state index in [0.29, 0.717) is 22.8 Å². The molecule has 2 aromatic heterocycles. The van der Waals surface area contributed by atoms with Crippen LogP contribution in [0.25, 0.3) is 10.8 Å². The van der Waals surface area contributed by atoms with E-state index in [2.05, 4.69) is 14.9 Å². The van der Waals surface area contributed by atoms with Gasteiger partial charge in [-0.2, -0.15) is 0 Å². The van der Waals surface area contributed by atoms with Crippen molar-refractivity contribution in [1.29, 1.82) is 0 Å². The number of benzene rings is 1. The Bertz CT molecular complexity index is 1220. The Balaban J connectivity index is 1.58. The van der Waals surface area contributed by atoms with Crippen LogP contribution in [0.2, 0.25) is 5.02 Å². The average Bonchev–Trinajstić information content (AvgIpc) is 3.43. The molecule has 30 heavy (non-hydrogen) atoms. The Morgan fingerprint density at radius 1 is 1.27 bits per heavy atom. The number of thiophene rings is 1. The zero-order valence-corrected chi connectivity index (χ0v) is 18.1. The van der Waals surface area contributed by atoms with Crippen LogP contribution >= 0.6 is 22.9 Å². The number of likely N-dealkylation sites (tertiary alicyclic amines) is 1. The Hall–Kier alpha value is -2.50. The highest BCUT2D eigenvalue weighted by molar-refractivity contribution is 7.93. The fourth-order valence-corrected chi connectivity index (χ4v) is 5.82. The van der Waals surface area contributed by atoms with Gasteiger partial charge < -0.3 is 9.32 Å². The minimum Gasteiger partial charge on any atom is -0.411 e. The fraction of sp³-hybridized carbons (Fsp3) is 0.278. The van der Waals surface area contributed by atoms with E-state index in [1.807, 2.05) is 0 Å². The molecule has 1 N–H and O–H groups in total. The summed E-state index contributed by atoms with van der Waals surface area (Å²) in [5, 5.41) is 7.50. The zero-order valence-electron chi connectivity index (χ0n) is 15.7. The van der Waals surface area contributed by atoms with Crippen molar-refractivity contribution in [1.82, 2.24) is 15.1 Å². The van der Waals surface area contributed by atoms with E-state index in [9.17, 15) is 17.6 Å². The molecule has 0 aliphatic carbocycles. The van der Waals surface area contributed by atoms with Gasteiger partial charge in [0.25, 0.3) is 15.9 Å². The summed E-state index contributed by atoms with van der Waals surface area (Å²) in [7, 11) is -3.97. The number of aryl methyl sites for hydroxylation is 1. The molecule has 3 aromatic rings. The van der Waals surface area contributed by atoms with Crippen LogP contribution in [0, 0.1) is 12.7 Å². The van der Waals surface area contributed by atoms with Crippen molar-refractivity contribution in [2.75, 3.05) is 17.8 Å². The Kier molecular flexibility index (Phi) is 5.51. The maximum Gasteiger partial charge on any atom is 0.311 e. The summed E-state index contributed by atoms with van der Waals surface area (Å²) < 4.78 is 46.7. The van der Waals surface area contributed by atoms with Gasteiger partial charge in [0.2, 0.25) is 0 Å². The van der Waals surface area contributed by atoms with Crippen molar-refractivity contribution in [3.8, 4) is 10.8 Å². The van der Waals surface area contributed by atoms with E-state index in [0.717, 1.165) is 30.2 Å². The molecule has 158 valence electrons. The van der Waals surface area contributed by atoms with E-state index in [1.54, 1.807) is 11.8 Å². The van der Waals surface area contributed by atoms with Gasteiger partial charge in [-0.3, -0.25) is 9.52 Å². The third kappa shape index (κ3) is 4.05. The predicted octanol–water partition coefficient (Wildman–Crippen LogP) is 3.94. The Labute approximate surface area is 180 Å². The van der Waals surface area contributed by atoms with Crippen LogP contribution in [0.4, 0.5) is 10.1 Å². The number of carbonyl (C=O) groups is 1. The Morgan fingerprint density at radius 2 is 2.00 bits per heavy atom. The summed E-state index contributed by atoms with van der Waals surface area (Å²) in [6, 6.07) is 4.93. The second-order valence-electron chi connectivity index (χ2n) is 6.68. The number of nitrogens with zero attached hydrogens (tertiary/aromatic N) is 3. The first-order valence-corrected chi connectivity index (χ1v) is 11.6. The first kappa shape index (κ1) is 20.8. The number of carbonyl (C=O) groups excluding carboxylic acids is 1. The van der Waals surface area contributed by atoms with Crippen molar-refractivity contribution in [2.24, 2.45) is 0 Å². The third-order valence-corrected chi connectivity index (χ3v) is 7.51. The van der Waals surface area contributed by atoms with Crippen LogP contribution in [-0.4, -0.2) is 42.5 Å². The number of aromatic nitrogens is 2. The summed E-state index contributed by atoms with van der Waals surface area (Å²) >= 11 is 6.85. The van der Waals surface area contributed by atoms with Crippen LogP contribution in [-0.2, 0) is 10.0 Å². The molecule has 1 aliphatic heterocycles. The average molecular weight is 471 g/mol. The molecule has 1 saturated heterocycles. The lowest BCUT2D eigenvalue weighted by Gasteiger charge is -2.11. The lowest BCUT2D eigenvalue weighted by Crippen LogP contribution is -2.27. The highest BCUT2D eigenvalue weighted by atomic mass is 35.5. The molecular weight excluding hydrogens is 455 g/mol. The normalized spacial score (nSPS) is 14.3. The van der Waals surface area contributed by atoms with Gasteiger partial charge >= 0.3 is 11.8 Å². The summed E-state index contributed by atoms with van der Waals surface area (Å²) in [6.07, 6.45) is 1.87. The smallest absolute Gasteiger partial charge is 0.311 e. The van der Waals surface area contributed by atoms with E-state index in [-0.39, 0.29) is 33.3 Å². The van der Waals surface area contributed by atoms with E-state index in [1.165, 1.54) is 18.2 Å². The number of anilines is 1. The van der Waals surface area contributed by atoms with Crippen LogP contribution in [0.3, 0.4) is 0 Å². The lowest BCUT2D eigenvalue weighted by atomic mass is 10.3. The summed E-state index contributed by atoms with van der Waals surface area (Å²) in [5.41, 5.74) is 0.129. The van der Waals surface area contributed by atoms with Crippen molar-refractivity contribution in [2.45, 2.75) is 24.7 Å². The summed E-state index contributed by atoms with van der Waals surface area (Å²) in [5.74, 6) is -1.04. The summed E-state index contributed by atoms with van der Waals surface area (Å²) in [4.78, 5) is 14.9. The topological polar surface area (TPSA) is 105 Å². The minimum atomic E-state index is -3.97. The first-order valence-electron chi connectivity index (χ1n) is 8.96. The fourth-order valence-electron chi connectivity index (χ4n) is 3.07. The summed E-state index contributed by atoms with van der Waals surface area (Å²) in [6.45, 7) is 2.93. The molecule has 0 atom stereocenters. The highest BCUT2D eigenvalue weighted by Crippen LogP contribution is 2.34. The molecule has 0 bridgehead atoms. The molecule has 8 nitrogen and oxygen atoms in total. The molecule has 0 unspecified atom stereocenters. The van der Waals surface area contributed by atoms with Crippen LogP contribution in [0.5, 0.6) is 0 Å². The number of hydrogen-bond acceptors (Lipinski definition) is 7. The van der Waals surface area contributed by atoms with Gasteiger partial charge in [-0.15, -0.1) is 21.5 Å². The van der Waals surface area contributed by atoms with Crippen LogP contribution < -0.4 is 4.72 Å². The SMILES string of the molecule is Cc1sc(-c2nnc(C(=O)N3CCCC3)o2)cc1S(=O)(=O)Nc1ccc(F)c(Cl)c1. The quantitative estimate of drug-likeness (QED) is 0.605. The largest absolute Gasteiger partial charge is 0.411 e. The van der Waals surface area contributed by atoms with Gasteiger partial charge in [0.05, 0.1) is 15.6 Å². The molecule has 1 aliphatic rings. The van der Waals surface area contributed by atoms with Crippen LogP contribution in [0.15, 0.2) is 33.6 Å². The molecule has 4 rings (SSSR count). The second-order valence-corrected chi connectivity index (χ2v) is 9.99. The van der Waals surface area contributed by atoms with Gasteiger partial charge in [-0.1, -0.05) is 11.6 Å². The minimum absolute atomic E-state index is 0.00793.